The van der Waals surface area contributed by atoms with Gasteiger partial charge in [-0.25, -0.2) is 4.79 Å². The molecule has 0 radical (unpaired) electrons. The first-order valence-electron chi connectivity index (χ1n) is 6.10. The second kappa shape index (κ2) is 7.46. The van der Waals surface area contributed by atoms with Crippen LogP contribution in [0.25, 0.3) is 0 Å². The van der Waals surface area contributed by atoms with Gasteiger partial charge in [0, 0.05) is 11.8 Å². The van der Waals surface area contributed by atoms with E-state index in [1.807, 2.05) is 0 Å². The van der Waals surface area contributed by atoms with E-state index in [4.69, 9.17) is 4.74 Å². The molecule has 1 aliphatic rings. The lowest BCUT2D eigenvalue weighted by atomic mass is 10.1. The monoisotopic (exact) mass is 272 g/mol. The molecule has 1 rings (SSSR count). The van der Waals surface area contributed by atoms with Crippen LogP contribution in [0.2, 0.25) is 0 Å². The summed E-state index contributed by atoms with van der Waals surface area (Å²) < 4.78 is 9.46. The fourth-order valence-electron chi connectivity index (χ4n) is 1.61. The van der Waals surface area contributed by atoms with Gasteiger partial charge in [0.25, 0.3) is 0 Å². The number of methoxy groups -OCH3 is 1. The van der Waals surface area contributed by atoms with Gasteiger partial charge in [-0.3, -0.25) is 4.79 Å². The Hall–Kier alpha value is -0.970. The molecule has 1 fully saturated rings. The Morgan fingerprint density at radius 1 is 1.39 bits per heavy atom. The van der Waals surface area contributed by atoms with Gasteiger partial charge in [0.05, 0.1) is 20.1 Å². The first kappa shape index (κ1) is 15.1. The molecule has 0 atom stereocenters. The molecule has 102 valence electrons. The Bertz CT molecular complexity index is 321. The first-order chi connectivity index (χ1) is 8.62. The summed E-state index contributed by atoms with van der Waals surface area (Å²) in [5.74, 6) is 1.28. The average Bonchev–Trinajstić information content (AvgIpc) is 3.09. The maximum atomic E-state index is 11.2. The highest BCUT2D eigenvalue weighted by Gasteiger charge is 2.44. The third-order valence-electron chi connectivity index (χ3n) is 2.87. The van der Waals surface area contributed by atoms with Crippen LogP contribution in [0.1, 0.15) is 26.2 Å². The van der Waals surface area contributed by atoms with E-state index in [1.54, 1.807) is 24.8 Å². The Morgan fingerprint density at radius 2 is 2.11 bits per heavy atom. The predicted molar refractivity (Wildman–Crippen MR) is 71.4 cm³/mol. The molecule has 0 saturated heterocycles. The van der Waals surface area contributed by atoms with Crippen LogP contribution in [-0.2, 0) is 19.1 Å². The lowest BCUT2D eigenvalue weighted by Gasteiger charge is -2.11. The molecule has 4 nitrogen and oxygen atoms in total. The SMILES string of the molecule is CCOC(=O)/C=C/CSCC1(CC(=O)OC)CC1. The van der Waals surface area contributed by atoms with E-state index in [0.29, 0.717) is 13.0 Å². The fraction of sp³-hybridized carbons (Fsp3) is 0.692. The molecule has 0 bridgehead atoms. The number of carbonyl (C=O) groups is 2. The summed E-state index contributed by atoms with van der Waals surface area (Å²) >= 11 is 1.73. The summed E-state index contributed by atoms with van der Waals surface area (Å²) in [4.78, 5) is 22.2. The summed E-state index contributed by atoms with van der Waals surface area (Å²) in [7, 11) is 1.42. The molecule has 0 spiro atoms. The van der Waals surface area contributed by atoms with Crippen LogP contribution >= 0.6 is 11.8 Å². The maximum Gasteiger partial charge on any atom is 0.330 e. The summed E-state index contributed by atoms with van der Waals surface area (Å²) in [6.45, 7) is 2.18. The number of hydrogen-bond donors (Lipinski definition) is 0. The Labute approximate surface area is 112 Å². The van der Waals surface area contributed by atoms with Crippen molar-refractivity contribution in [2.24, 2.45) is 5.41 Å². The minimum absolute atomic E-state index is 0.129. The quantitative estimate of drug-likeness (QED) is 0.385. The molecule has 18 heavy (non-hydrogen) atoms. The van der Waals surface area contributed by atoms with Crippen LogP contribution < -0.4 is 0 Å². The topological polar surface area (TPSA) is 52.6 Å². The zero-order chi connectivity index (χ0) is 13.4. The van der Waals surface area contributed by atoms with Gasteiger partial charge in [-0.2, -0.15) is 11.8 Å². The molecular weight excluding hydrogens is 252 g/mol. The van der Waals surface area contributed by atoms with Crippen LogP contribution in [-0.4, -0.2) is 37.2 Å². The standard InChI is InChI=1S/C13H20O4S/c1-3-17-11(14)5-4-8-18-10-13(6-7-13)9-12(15)16-2/h4-5H,3,6-10H2,1-2H3/b5-4+. The summed E-state index contributed by atoms with van der Waals surface area (Å²) in [5.41, 5.74) is 0.148. The minimum atomic E-state index is -0.297. The van der Waals surface area contributed by atoms with E-state index in [9.17, 15) is 9.59 Å². The molecule has 0 unspecified atom stereocenters. The van der Waals surface area contributed by atoms with Gasteiger partial charge >= 0.3 is 11.9 Å². The van der Waals surface area contributed by atoms with E-state index in [-0.39, 0.29) is 17.4 Å². The largest absolute Gasteiger partial charge is 0.469 e. The van der Waals surface area contributed by atoms with Crippen molar-refractivity contribution in [2.75, 3.05) is 25.2 Å². The van der Waals surface area contributed by atoms with Crippen molar-refractivity contribution in [2.45, 2.75) is 26.2 Å². The Kier molecular flexibility index (Phi) is 6.25. The lowest BCUT2D eigenvalue weighted by Crippen LogP contribution is -2.13. The summed E-state index contributed by atoms with van der Waals surface area (Å²) in [6.07, 6.45) is 5.96. The van der Waals surface area contributed by atoms with Crippen molar-refractivity contribution in [1.29, 1.82) is 0 Å². The number of hydrogen-bond acceptors (Lipinski definition) is 5. The van der Waals surface area contributed by atoms with Gasteiger partial charge in [0.15, 0.2) is 0 Å². The van der Waals surface area contributed by atoms with Crippen molar-refractivity contribution in [3.8, 4) is 0 Å². The molecule has 1 aliphatic carbocycles. The molecular formula is C13H20O4S. The Morgan fingerprint density at radius 3 is 2.67 bits per heavy atom. The van der Waals surface area contributed by atoms with Gasteiger partial charge in [-0.1, -0.05) is 6.08 Å². The van der Waals surface area contributed by atoms with Crippen LogP contribution in [0, 0.1) is 5.41 Å². The zero-order valence-corrected chi connectivity index (χ0v) is 11.8. The highest BCUT2D eigenvalue weighted by atomic mass is 32.2. The van der Waals surface area contributed by atoms with Gasteiger partial charge in [0.1, 0.15) is 0 Å². The number of carbonyl (C=O) groups excluding carboxylic acids is 2. The van der Waals surface area contributed by atoms with Gasteiger partial charge in [0.2, 0.25) is 0 Å². The molecule has 0 aromatic carbocycles. The second-order valence-corrected chi connectivity index (χ2v) is 5.45. The Balaban J connectivity index is 2.14. The third-order valence-corrected chi connectivity index (χ3v) is 4.11. The molecule has 1 saturated carbocycles. The van der Waals surface area contributed by atoms with Crippen LogP contribution in [0.5, 0.6) is 0 Å². The second-order valence-electron chi connectivity index (χ2n) is 4.42. The van der Waals surface area contributed by atoms with E-state index in [1.165, 1.54) is 13.2 Å². The number of esters is 2. The van der Waals surface area contributed by atoms with Crippen molar-refractivity contribution < 1.29 is 19.1 Å². The van der Waals surface area contributed by atoms with Gasteiger partial charge in [-0.15, -0.1) is 0 Å². The molecule has 0 aromatic rings. The number of ether oxygens (including phenoxy) is 2. The van der Waals surface area contributed by atoms with E-state index in [2.05, 4.69) is 4.74 Å². The number of thioether (sulfide) groups is 1. The van der Waals surface area contributed by atoms with Gasteiger partial charge in [-0.05, 0) is 30.9 Å². The third kappa shape index (κ3) is 5.58. The van der Waals surface area contributed by atoms with Crippen molar-refractivity contribution >= 4 is 23.7 Å². The predicted octanol–water partition coefficient (Wildman–Crippen LogP) is 2.18. The zero-order valence-electron chi connectivity index (χ0n) is 10.9. The van der Waals surface area contributed by atoms with E-state index >= 15 is 0 Å². The molecule has 0 amide bonds. The molecule has 0 aliphatic heterocycles. The molecule has 0 aromatic heterocycles. The highest BCUT2D eigenvalue weighted by Crippen LogP contribution is 2.51. The van der Waals surface area contributed by atoms with Crippen molar-refractivity contribution in [3.63, 3.8) is 0 Å². The van der Waals surface area contributed by atoms with E-state index < -0.39 is 0 Å². The van der Waals surface area contributed by atoms with Crippen molar-refractivity contribution in [1.82, 2.24) is 0 Å². The maximum absolute atomic E-state index is 11.2. The highest BCUT2D eigenvalue weighted by molar-refractivity contribution is 7.99. The molecule has 0 N–H and O–H groups in total. The average molecular weight is 272 g/mol. The summed E-state index contributed by atoms with van der Waals surface area (Å²) in [6, 6.07) is 0. The van der Waals surface area contributed by atoms with Crippen molar-refractivity contribution in [3.05, 3.63) is 12.2 Å². The lowest BCUT2D eigenvalue weighted by molar-refractivity contribution is -0.142. The molecule has 5 heteroatoms. The normalized spacial score (nSPS) is 16.6. The smallest absolute Gasteiger partial charge is 0.330 e. The summed E-state index contributed by atoms with van der Waals surface area (Å²) in [5, 5.41) is 0. The minimum Gasteiger partial charge on any atom is -0.469 e. The first-order valence-corrected chi connectivity index (χ1v) is 7.25. The van der Waals surface area contributed by atoms with Crippen LogP contribution in [0.15, 0.2) is 12.2 Å². The van der Waals surface area contributed by atoms with Crippen LogP contribution in [0.4, 0.5) is 0 Å². The fourth-order valence-corrected chi connectivity index (χ4v) is 2.78. The van der Waals surface area contributed by atoms with Gasteiger partial charge < -0.3 is 9.47 Å². The molecule has 0 heterocycles. The number of rotatable bonds is 8. The van der Waals surface area contributed by atoms with E-state index in [0.717, 1.165) is 24.3 Å². The van der Waals surface area contributed by atoms with Crippen LogP contribution in [0.3, 0.4) is 0 Å².